The Morgan fingerprint density at radius 3 is 2.61 bits per heavy atom. The number of allylic oxidation sites excluding steroid dienone is 1. The number of rotatable bonds is 1. The molecule has 0 N–H and O–H groups in total. The van der Waals surface area contributed by atoms with Gasteiger partial charge in [0.05, 0.1) is 0 Å². The second-order valence-corrected chi connectivity index (χ2v) is 5.82. The number of hydrogen-bond donors (Lipinski definition) is 0. The summed E-state index contributed by atoms with van der Waals surface area (Å²) in [7, 11) is 0. The third kappa shape index (κ3) is 1.83. The summed E-state index contributed by atoms with van der Waals surface area (Å²) in [6.07, 6.45) is 4.54. The molecule has 0 aliphatic heterocycles. The molecule has 0 radical (unpaired) electrons. The van der Waals surface area contributed by atoms with Gasteiger partial charge in [-0.05, 0) is 53.8 Å². The van der Waals surface area contributed by atoms with Gasteiger partial charge in [0.2, 0.25) is 0 Å². The molecule has 0 aromatic heterocycles. The van der Waals surface area contributed by atoms with Crippen LogP contribution in [0.25, 0.3) is 6.08 Å². The second-order valence-electron chi connectivity index (χ2n) is 4.90. The molecule has 0 bridgehead atoms. The number of aryl methyl sites for hydroxylation is 1. The van der Waals surface area contributed by atoms with Crippen LogP contribution in [0.2, 0.25) is 0 Å². The number of hydrogen-bond acceptors (Lipinski definition) is 0. The van der Waals surface area contributed by atoms with Crippen molar-refractivity contribution >= 4 is 22.0 Å². The molecule has 18 heavy (non-hydrogen) atoms. The maximum atomic E-state index is 3.61. The lowest BCUT2D eigenvalue weighted by atomic mass is 9.88. The highest BCUT2D eigenvalue weighted by Crippen LogP contribution is 2.38. The zero-order chi connectivity index (χ0) is 12.7. The van der Waals surface area contributed by atoms with Crippen molar-refractivity contribution in [1.29, 1.82) is 0 Å². The molecule has 3 rings (SSSR count). The van der Waals surface area contributed by atoms with E-state index < -0.39 is 0 Å². The Kier molecular flexibility index (Phi) is 2.87. The van der Waals surface area contributed by atoms with Gasteiger partial charge in [0.1, 0.15) is 0 Å². The van der Waals surface area contributed by atoms with Gasteiger partial charge >= 0.3 is 0 Å². The van der Waals surface area contributed by atoms with Crippen LogP contribution in [0.1, 0.15) is 33.7 Å². The monoisotopic (exact) mass is 298 g/mol. The molecule has 1 heteroatoms. The van der Waals surface area contributed by atoms with E-state index in [1.54, 1.807) is 0 Å². The van der Waals surface area contributed by atoms with Crippen LogP contribution in [0.3, 0.4) is 0 Å². The molecule has 1 aliphatic carbocycles. The molecule has 0 spiro atoms. The van der Waals surface area contributed by atoms with Gasteiger partial charge in [-0.25, -0.2) is 0 Å². The van der Waals surface area contributed by atoms with Gasteiger partial charge in [-0.1, -0.05) is 52.3 Å². The Labute approximate surface area is 116 Å². The van der Waals surface area contributed by atoms with Crippen LogP contribution < -0.4 is 0 Å². The first-order valence-corrected chi connectivity index (χ1v) is 7.00. The molecular formula is C17H15Br. The van der Waals surface area contributed by atoms with Gasteiger partial charge in [-0.2, -0.15) is 0 Å². The maximum absolute atomic E-state index is 3.61. The highest BCUT2D eigenvalue weighted by atomic mass is 79.9. The van der Waals surface area contributed by atoms with Crippen molar-refractivity contribution < 1.29 is 0 Å². The van der Waals surface area contributed by atoms with E-state index in [2.05, 4.69) is 78.3 Å². The number of halogens is 1. The highest BCUT2D eigenvalue weighted by Gasteiger charge is 2.20. The minimum absolute atomic E-state index is 0.400. The molecule has 2 aromatic rings. The average Bonchev–Trinajstić information content (AvgIpc) is 2.77. The van der Waals surface area contributed by atoms with Crippen LogP contribution in [0.5, 0.6) is 0 Å². The molecule has 0 heterocycles. The van der Waals surface area contributed by atoms with Crippen LogP contribution in [0.4, 0.5) is 0 Å². The van der Waals surface area contributed by atoms with E-state index in [4.69, 9.17) is 0 Å². The quantitative estimate of drug-likeness (QED) is 0.677. The molecule has 0 saturated heterocycles. The molecule has 90 valence electrons. The summed E-state index contributed by atoms with van der Waals surface area (Å²) in [5.41, 5.74) is 6.91. The molecular weight excluding hydrogens is 284 g/mol. The van der Waals surface area contributed by atoms with E-state index in [0.717, 1.165) is 0 Å². The highest BCUT2D eigenvalue weighted by molar-refractivity contribution is 9.10. The SMILES string of the molecule is Cc1cc(Br)cc(C2C=Cc3ccccc32)c1C. The lowest BCUT2D eigenvalue weighted by Gasteiger charge is -2.16. The first-order valence-electron chi connectivity index (χ1n) is 6.20. The Hall–Kier alpha value is -1.34. The van der Waals surface area contributed by atoms with E-state index in [9.17, 15) is 0 Å². The molecule has 0 fully saturated rings. The smallest absolute Gasteiger partial charge is 0.0281 e. The molecule has 2 aromatic carbocycles. The van der Waals surface area contributed by atoms with Gasteiger partial charge in [0.25, 0.3) is 0 Å². The number of fused-ring (bicyclic) bond motifs is 1. The molecule has 1 atom stereocenters. The third-order valence-electron chi connectivity index (χ3n) is 3.81. The lowest BCUT2D eigenvalue weighted by molar-refractivity contribution is 1.02. The minimum Gasteiger partial charge on any atom is -0.0720 e. The Morgan fingerprint density at radius 1 is 1.00 bits per heavy atom. The predicted molar refractivity (Wildman–Crippen MR) is 80.9 cm³/mol. The maximum Gasteiger partial charge on any atom is 0.0281 e. The molecule has 0 nitrogen and oxygen atoms in total. The van der Waals surface area contributed by atoms with Gasteiger partial charge in [-0.3, -0.25) is 0 Å². The van der Waals surface area contributed by atoms with Gasteiger partial charge in [0, 0.05) is 10.4 Å². The Bertz CT molecular complexity index is 638. The fourth-order valence-corrected chi connectivity index (χ4v) is 3.27. The summed E-state index contributed by atoms with van der Waals surface area (Å²) < 4.78 is 1.17. The standard InChI is InChI=1S/C17H15Br/c1-11-9-14(18)10-17(12(11)2)16-8-7-13-5-3-4-6-15(13)16/h3-10,16H,1-2H3. The van der Waals surface area contributed by atoms with Crippen molar-refractivity contribution in [3.05, 3.63) is 74.8 Å². The van der Waals surface area contributed by atoms with Crippen LogP contribution in [-0.4, -0.2) is 0 Å². The van der Waals surface area contributed by atoms with E-state index in [0.29, 0.717) is 5.92 Å². The third-order valence-corrected chi connectivity index (χ3v) is 4.26. The largest absolute Gasteiger partial charge is 0.0720 e. The normalized spacial score (nSPS) is 16.9. The van der Waals surface area contributed by atoms with Crippen molar-refractivity contribution in [3.8, 4) is 0 Å². The molecule has 1 aliphatic rings. The summed E-state index contributed by atoms with van der Waals surface area (Å²) in [6, 6.07) is 13.1. The number of benzene rings is 2. The first-order chi connectivity index (χ1) is 8.66. The topological polar surface area (TPSA) is 0 Å². The summed E-state index contributed by atoms with van der Waals surface area (Å²) in [5.74, 6) is 0.400. The van der Waals surface area contributed by atoms with Crippen molar-refractivity contribution in [2.24, 2.45) is 0 Å². The van der Waals surface area contributed by atoms with E-state index in [1.165, 1.54) is 32.3 Å². The van der Waals surface area contributed by atoms with Crippen LogP contribution >= 0.6 is 15.9 Å². The van der Waals surface area contributed by atoms with Crippen LogP contribution in [0, 0.1) is 13.8 Å². The van der Waals surface area contributed by atoms with Gasteiger partial charge < -0.3 is 0 Å². The molecule has 1 unspecified atom stereocenters. The summed E-state index contributed by atoms with van der Waals surface area (Å²) >= 11 is 3.61. The predicted octanol–water partition coefficient (Wildman–Crippen LogP) is 5.22. The molecule has 0 saturated carbocycles. The zero-order valence-corrected chi connectivity index (χ0v) is 12.2. The zero-order valence-electron chi connectivity index (χ0n) is 10.6. The second kappa shape index (κ2) is 4.40. The van der Waals surface area contributed by atoms with E-state index in [-0.39, 0.29) is 0 Å². The summed E-state index contributed by atoms with van der Waals surface area (Å²) in [4.78, 5) is 0. The van der Waals surface area contributed by atoms with Crippen molar-refractivity contribution in [1.82, 2.24) is 0 Å². The Morgan fingerprint density at radius 2 is 1.78 bits per heavy atom. The van der Waals surface area contributed by atoms with Crippen molar-refractivity contribution in [3.63, 3.8) is 0 Å². The Balaban J connectivity index is 2.16. The first kappa shape index (κ1) is 11.7. The fraction of sp³-hybridized carbons (Fsp3) is 0.176. The van der Waals surface area contributed by atoms with Gasteiger partial charge in [0.15, 0.2) is 0 Å². The van der Waals surface area contributed by atoms with Crippen LogP contribution in [0.15, 0.2) is 46.9 Å². The average molecular weight is 299 g/mol. The summed E-state index contributed by atoms with van der Waals surface area (Å²) in [6.45, 7) is 4.39. The molecule has 0 amide bonds. The lowest BCUT2D eigenvalue weighted by Crippen LogP contribution is -2.00. The van der Waals surface area contributed by atoms with Crippen molar-refractivity contribution in [2.75, 3.05) is 0 Å². The van der Waals surface area contributed by atoms with Gasteiger partial charge in [-0.15, -0.1) is 0 Å². The van der Waals surface area contributed by atoms with Crippen LogP contribution in [-0.2, 0) is 0 Å². The van der Waals surface area contributed by atoms with Crippen molar-refractivity contribution in [2.45, 2.75) is 19.8 Å². The van der Waals surface area contributed by atoms with E-state index in [1.807, 2.05) is 0 Å². The minimum atomic E-state index is 0.400. The van der Waals surface area contributed by atoms with E-state index >= 15 is 0 Å². The fourth-order valence-electron chi connectivity index (χ4n) is 2.68. The summed E-state index contributed by atoms with van der Waals surface area (Å²) in [5, 5.41) is 0.